The van der Waals surface area contributed by atoms with Crippen LogP contribution in [-0.2, 0) is 11.2 Å². The zero-order valence-electron chi connectivity index (χ0n) is 18.6. The van der Waals surface area contributed by atoms with Gasteiger partial charge in [0.05, 0.1) is 19.4 Å². The number of nitriles is 1. The second kappa shape index (κ2) is 8.76. The van der Waals surface area contributed by atoms with Gasteiger partial charge in [0.25, 0.3) is 0 Å². The Morgan fingerprint density at radius 2 is 1.86 bits per heavy atom. The maximum atomic E-state index is 14.0. The van der Waals surface area contributed by atoms with Gasteiger partial charge in [0, 0.05) is 59.2 Å². The number of H-pyrrole nitrogens is 1. The number of hydrogen-bond acceptors (Lipinski definition) is 8. The van der Waals surface area contributed by atoms with Crippen molar-refractivity contribution in [2.75, 3.05) is 42.6 Å². The maximum Gasteiger partial charge on any atom is 0.227 e. The third-order valence-corrected chi connectivity index (χ3v) is 6.69. The van der Waals surface area contributed by atoms with Crippen molar-refractivity contribution in [1.82, 2.24) is 24.9 Å². The van der Waals surface area contributed by atoms with Gasteiger partial charge in [0.1, 0.15) is 12.1 Å². The normalized spacial score (nSPS) is 17.9. The Morgan fingerprint density at radius 3 is 2.63 bits per heavy atom. The minimum atomic E-state index is -0.746. The van der Waals surface area contributed by atoms with Gasteiger partial charge >= 0.3 is 0 Å². The molecule has 2 aliphatic heterocycles. The van der Waals surface area contributed by atoms with E-state index in [1.54, 1.807) is 18.5 Å². The number of nitrogens with one attached hydrogen (secondary N) is 1. The Balaban J connectivity index is 1.46. The van der Waals surface area contributed by atoms with Crippen LogP contribution < -0.4 is 9.80 Å². The third-order valence-electron chi connectivity index (χ3n) is 6.45. The molecule has 1 aromatic carbocycles. The lowest BCUT2D eigenvalue weighted by Gasteiger charge is -2.36. The van der Waals surface area contributed by atoms with E-state index in [9.17, 15) is 9.65 Å². The van der Waals surface area contributed by atoms with E-state index in [2.05, 4.69) is 29.8 Å². The van der Waals surface area contributed by atoms with Gasteiger partial charge in [-0.1, -0.05) is 11.6 Å². The second-order valence-electron chi connectivity index (χ2n) is 8.45. The Labute approximate surface area is 205 Å². The highest BCUT2D eigenvalue weighted by Gasteiger charge is 2.34. The number of aromatic nitrogens is 5. The molecule has 5 heterocycles. The zero-order valence-corrected chi connectivity index (χ0v) is 19.3. The van der Waals surface area contributed by atoms with Crippen LogP contribution in [0.5, 0.6) is 0 Å². The number of benzene rings is 1. The van der Waals surface area contributed by atoms with E-state index < -0.39 is 5.82 Å². The Kier molecular flexibility index (Phi) is 5.43. The van der Waals surface area contributed by atoms with Crippen LogP contribution in [0.3, 0.4) is 0 Å². The molecule has 176 valence electrons. The fourth-order valence-corrected chi connectivity index (χ4v) is 4.97. The monoisotopic (exact) mass is 490 g/mol. The summed E-state index contributed by atoms with van der Waals surface area (Å²) in [6.45, 7) is 3.32. The molecule has 0 bridgehead atoms. The minimum Gasteiger partial charge on any atom is -0.378 e. The maximum absolute atomic E-state index is 14.0. The summed E-state index contributed by atoms with van der Waals surface area (Å²) >= 11 is 6.29. The topological polar surface area (TPSA) is 107 Å². The average molecular weight is 491 g/mol. The summed E-state index contributed by atoms with van der Waals surface area (Å²) in [4.78, 5) is 25.3. The van der Waals surface area contributed by atoms with Crippen LogP contribution in [0.15, 0.2) is 36.8 Å². The molecule has 0 aliphatic carbocycles. The van der Waals surface area contributed by atoms with Gasteiger partial charge in [0.2, 0.25) is 11.9 Å². The molecule has 0 saturated carbocycles. The lowest BCUT2D eigenvalue weighted by Crippen LogP contribution is -2.38. The number of nitrogens with zero attached hydrogens (tertiary/aromatic N) is 7. The molecule has 11 heteroatoms. The Morgan fingerprint density at radius 1 is 1.09 bits per heavy atom. The number of anilines is 2. The highest BCUT2D eigenvalue weighted by molar-refractivity contribution is 6.31. The highest BCUT2D eigenvalue weighted by Crippen LogP contribution is 2.40. The van der Waals surface area contributed by atoms with Crippen LogP contribution in [0.4, 0.5) is 16.3 Å². The number of aromatic amines is 1. The first kappa shape index (κ1) is 21.7. The fourth-order valence-electron chi connectivity index (χ4n) is 4.80. The SMILES string of the molecule is N#Cc1nc(N2CCc3c([nH]c4ccc(Cl)cc34)C2c2cnc(N3CCOCC3)nc2)ncc1F. The highest BCUT2D eigenvalue weighted by atomic mass is 35.5. The van der Waals surface area contributed by atoms with Crippen LogP contribution >= 0.6 is 11.6 Å². The van der Waals surface area contributed by atoms with E-state index in [-0.39, 0.29) is 17.7 Å². The summed E-state index contributed by atoms with van der Waals surface area (Å²) < 4.78 is 19.4. The molecular formula is C24H20ClFN8O. The van der Waals surface area contributed by atoms with Gasteiger partial charge in [-0.05, 0) is 30.2 Å². The van der Waals surface area contributed by atoms with E-state index in [1.807, 2.05) is 23.1 Å². The molecule has 1 saturated heterocycles. The number of rotatable bonds is 3. The summed E-state index contributed by atoms with van der Waals surface area (Å²) in [6.07, 6.45) is 5.34. The van der Waals surface area contributed by atoms with Crippen molar-refractivity contribution in [1.29, 1.82) is 5.26 Å². The van der Waals surface area contributed by atoms with Crippen LogP contribution in [0.1, 0.15) is 28.6 Å². The van der Waals surface area contributed by atoms with Crippen molar-refractivity contribution in [3.8, 4) is 6.07 Å². The molecule has 3 aromatic heterocycles. The molecule has 1 atom stereocenters. The van der Waals surface area contributed by atoms with Gasteiger partial charge in [0.15, 0.2) is 11.5 Å². The van der Waals surface area contributed by atoms with Crippen LogP contribution in [0.2, 0.25) is 5.02 Å². The van der Waals surface area contributed by atoms with Crippen LogP contribution in [0.25, 0.3) is 10.9 Å². The molecule has 0 spiro atoms. The summed E-state index contributed by atoms with van der Waals surface area (Å²) in [5.74, 6) is 0.171. The van der Waals surface area contributed by atoms with Crippen molar-refractivity contribution in [3.63, 3.8) is 0 Å². The van der Waals surface area contributed by atoms with Crippen molar-refractivity contribution in [2.24, 2.45) is 0 Å². The van der Waals surface area contributed by atoms with Crippen LogP contribution in [-0.4, -0.2) is 57.8 Å². The lowest BCUT2D eigenvalue weighted by molar-refractivity contribution is 0.122. The second-order valence-corrected chi connectivity index (χ2v) is 8.88. The number of ether oxygens (including phenoxy) is 1. The van der Waals surface area contributed by atoms with Crippen molar-refractivity contribution in [3.05, 3.63) is 70.1 Å². The fraction of sp³-hybridized carbons (Fsp3) is 0.292. The molecular weight excluding hydrogens is 471 g/mol. The van der Waals surface area contributed by atoms with Crippen LogP contribution in [0, 0.1) is 17.1 Å². The predicted octanol–water partition coefficient (Wildman–Crippen LogP) is 3.40. The van der Waals surface area contributed by atoms with Crippen molar-refractivity contribution < 1.29 is 9.13 Å². The minimum absolute atomic E-state index is 0.271. The van der Waals surface area contributed by atoms with Gasteiger partial charge < -0.3 is 19.5 Å². The van der Waals surface area contributed by atoms with Gasteiger partial charge in [-0.25, -0.2) is 19.3 Å². The number of morpholine rings is 1. The summed E-state index contributed by atoms with van der Waals surface area (Å²) in [7, 11) is 0. The smallest absolute Gasteiger partial charge is 0.227 e. The number of fused-ring (bicyclic) bond motifs is 3. The van der Waals surface area contributed by atoms with E-state index in [0.717, 1.165) is 47.0 Å². The van der Waals surface area contributed by atoms with Crippen molar-refractivity contribution in [2.45, 2.75) is 12.5 Å². The summed E-state index contributed by atoms with van der Waals surface area (Å²) in [5, 5.41) is 11.0. The Hall–Kier alpha value is -3.81. The molecule has 1 unspecified atom stereocenters. The number of halogens is 2. The molecule has 9 nitrogen and oxygen atoms in total. The number of hydrogen-bond donors (Lipinski definition) is 1. The van der Waals surface area contributed by atoms with Crippen molar-refractivity contribution >= 4 is 34.4 Å². The molecule has 35 heavy (non-hydrogen) atoms. The Bertz CT molecular complexity index is 1440. The van der Waals surface area contributed by atoms with E-state index in [4.69, 9.17) is 16.3 Å². The third kappa shape index (κ3) is 3.83. The molecule has 1 N–H and O–H groups in total. The summed E-state index contributed by atoms with van der Waals surface area (Å²) in [5.41, 5.74) is 3.59. The lowest BCUT2D eigenvalue weighted by atomic mass is 9.94. The molecule has 6 rings (SSSR count). The molecule has 4 aromatic rings. The van der Waals surface area contributed by atoms with E-state index >= 15 is 0 Å². The molecule has 0 amide bonds. The van der Waals surface area contributed by atoms with Gasteiger partial charge in [-0.15, -0.1) is 0 Å². The predicted molar refractivity (Wildman–Crippen MR) is 128 cm³/mol. The summed E-state index contributed by atoms with van der Waals surface area (Å²) in [6, 6.07) is 7.21. The van der Waals surface area contributed by atoms with E-state index in [0.29, 0.717) is 37.2 Å². The first-order valence-corrected chi connectivity index (χ1v) is 11.6. The zero-order chi connectivity index (χ0) is 23.9. The molecule has 0 radical (unpaired) electrons. The molecule has 2 aliphatic rings. The van der Waals surface area contributed by atoms with Gasteiger partial charge in [-0.3, -0.25) is 0 Å². The average Bonchev–Trinajstić information content (AvgIpc) is 3.27. The standard InChI is InChI=1S/C24H20ClFN8O/c25-15-1-2-19-17(9-15)16-3-4-34(24-30-13-18(26)20(10-27)32-24)22(21(16)31-19)14-11-28-23(29-12-14)33-5-7-35-8-6-33/h1-2,9,11-13,22,31H,3-8H2. The first-order chi connectivity index (χ1) is 17.1. The van der Waals surface area contributed by atoms with E-state index in [1.165, 1.54) is 0 Å². The first-order valence-electron chi connectivity index (χ1n) is 11.3. The largest absolute Gasteiger partial charge is 0.378 e. The van der Waals surface area contributed by atoms with Gasteiger partial charge in [-0.2, -0.15) is 10.2 Å². The quantitative estimate of drug-likeness (QED) is 0.465. The molecule has 1 fully saturated rings.